The van der Waals surface area contributed by atoms with E-state index in [9.17, 15) is 9.90 Å². The van der Waals surface area contributed by atoms with Crippen LogP contribution in [-0.4, -0.2) is 11.4 Å². The minimum absolute atomic E-state index is 0.145. The topological polar surface area (TPSA) is 61.4 Å². The number of rotatable bonds is 1. The molecule has 1 aliphatic rings. The average Bonchev–Trinajstić information content (AvgIpc) is 2.17. The van der Waals surface area contributed by atoms with Gasteiger partial charge in [0.05, 0.1) is 11.4 Å². The number of benzene rings is 1. The van der Waals surface area contributed by atoms with Crippen LogP contribution in [-0.2, 0) is 4.79 Å². The van der Waals surface area contributed by atoms with Crippen LogP contribution in [0.1, 0.15) is 0 Å². The molecule has 0 bridgehead atoms. The van der Waals surface area contributed by atoms with Crippen molar-refractivity contribution in [1.29, 1.82) is 0 Å². The summed E-state index contributed by atoms with van der Waals surface area (Å²) in [6, 6.07) is 7.31. The van der Waals surface area contributed by atoms with Crippen molar-refractivity contribution in [2.45, 2.75) is 0 Å². The summed E-state index contributed by atoms with van der Waals surface area (Å²) in [7, 11) is 0. The molecule has 3 N–H and O–H groups in total. The van der Waals surface area contributed by atoms with Crippen molar-refractivity contribution >= 4 is 17.7 Å². The molecule has 0 unspecified atom stereocenters. The van der Waals surface area contributed by atoms with E-state index >= 15 is 0 Å². The quantitative estimate of drug-likeness (QED) is 0.567. The molecule has 0 radical (unpaired) electrons. The number of hydrogen-bond donors (Lipinski definition) is 3. The zero-order chi connectivity index (χ0) is 9.26. The Hall–Kier alpha value is -1.97. The van der Waals surface area contributed by atoms with Gasteiger partial charge in [-0.25, -0.2) is 0 Å². The lowest BCUT2D eigenvalue weighted by Crippen LogP contribution is -2.16. The van der Waals surface area contributed by atoms with Crippen molar-refractivity contribution in [3.63, 3.8) is 0 Å². The molecule has 1 aromatic rings. The fourth-order valence-corrected chi connectivity index (χ4v) is 1.19. The molecule has 66 valence electrons. The van der Waals surface area contributed by atoms with Crippen molar-refractivity contribution in [3.8, 4) is 0 Å². The smallest absolute Gasteiger partial charge is 0.216 e. The second-order valence-corrected chi connectivity index (χ2v) is 2.68. The Bertz CT molecular complexity index is 385. The zero-order valence-electron chi connectivity index (χ0n) is 6.74. The Morgan fingerprint density at radius 2 is 1.77 bits per heavy atom. The molecule has 2 rings (SSSR count). The van der Waals surface area contributed by atoms with Crippen LogP contribution in [0.5, 0.6) is 0 Å². The number of fused-ring (bicyclic) bond motifs is 1. The van der Waals surface area contributed by atoms with E-state index in [0.717, 1.165) is 11.4 Å². The third-order valence-electron chi connectivity index (χ3n) is 1.82. The number of carbonyl (C=O) groups excluding carboxylic acids is 1. The number of aldehydes is 1. The molecule has 1 heterocycles. The van der Waals surface area contributed by atoms with E-state index in [1.54, 1.807) is 6.07 Å². The van der Waals surface area contributed by atoms with Gasteiger partial charge >= 0.3 is 0 Å². The van der Waals surface area contributed by atoms with Gasteiger partial charge in [0.25, 0.3) is 0 Å². The maximum absolute atomic E-state index is 10.5. The van der Waals surface area contributed by atoms with Gasteiger partial charge in [-0.2, -0.15) is 0 Å². The van der Waals surface area contributed by atoms with E-state index in [0.29, 0.717) is 6.29 Å². The summed E-state index contributed by atoms with van der Waals surface area (Å²) >= 11 is 0. The van der Waals surface area contributed by atoms with Crippen LogP contribution < -0.4 is 10.6 Å². The van der Waals surface area contributed by atoms with E-state index in [4.69, 9.17) is 0 Å². The molecule has 0 aliphatic carbocycles. The summed E-state index contributed by atoms with van der Waals surface area (Å²) in [4.78, 5) is 10.5. The van der Waals surface area contributed by atoms with Gasteiger partial charge in [0.2, 0.25) is 5.88 Å². The monoisotopic (exact) mass is 176 g/mol. The molecule has 13 heavy (non-hydrogen) atoms. The van der Waals surface area contributed by atoms with Gasteiger partial charge in [-0.15, -0.1) is 0 Å². The molecule has 4 nitrogen and oxygen atoms in total. The number of hydrogen-bond acceptors (Lipinski definition) is 4. The fraction of sp³-hybridized carbons (Fsp3) is 0. The summed E-state index contributed by atoms with van der Waals surface area (Å²) in [6.07, 6.45) is 0.568. The lowest BCUT2D eigenvalue weighted by atomic mass is 10.2. The van der Waals surface area contributed by atoms with Crippen LogP contribution in [0.2, 0.25) is 0 Å². The van der Waals surface area contributed by atoms with Gasteiger partial charge in [-0.05, 0) is 12.1 Å². The number of aliphatic hydroxyl groups excluding tert-OH is 1. The van der Waals surface area contributed by atoms with E-state index in [1.807, 2.05) is 18.2 Å². The lowest BCUT2D eigenvalue weighted by molar-refractivity contribution is -0.104. The highest BCUT2D eigenvalue weighted by Gasteiger charge is 2.14. The molecule has 4 heteroatoms. The minimum atomic E-state index is -0.145. The van der Waals surface area contributed by atoms with Gasteiger partial charge in [0.1, 0.15) is 5.70 Å². The molecular formula is C9H8N2O2. The Morgan fingerprint density at radius 1 is 1.15 bits per heavy atom. The number of anilines is 2. The van der Waals surface area contributed by atoms with Gasteiger partial charge in [0.15, 0.2) is 6.29 Å². The van der Waals surface area contributed by atoms with Crippen LogP contribution in [0.15, 0.2) is 35.8 Å². The Balaban J connectivity index is 2.42. The molecule has 0 aromatic heterocycles. The molecule has 0 amide bonds. The van der Waals surface area contributed by atoms with Crippen LogP contribution in [0.3, 0.4) is 0 Å². The van der Waals surface area contributed by atoms with Crippen molar-refractivity contribution < 1.29 is 9.90 Å². The Morgan fingerprint density at radius 3 is 2.38 bits per heavy atom. The Labute approximate surface area is 74.9 Å². The second-order valence-electron chi connectivity index (χ2n) is 2.68. The molecule has 0 saturated carbocycles. The number of carbonyl (C=O) groups is 1. The standard InChI is InChI=1S/C9H8N2O2/c12-5-8-9(13)11-7-4-2-1-3-6(7)10-8/h1-5,10-11,13H. The highest BCUT2D eigenvalue weighted by Crippen LogP contribution is 2.27. The van der Waals surface area contributed by atoms with Crippen molar-refractivity contribution in [1.82, 2.24) is 0 Å². The summed E-state index contributed by atoms with van der Waals surface area (Å²) in [5.74, 6) is -0.145. The summed E-state index contributed by atoms with van der Waals surface area (Å²) in [5, 5.41) is 14.8. The second kappa shape index (κ2) is 2.82. The van der Waals surface area contributed by atoms with Gasteiger partial charge in [0, 0.05) is 0 Å². The summed E-state index contributed by atoms with van der Waals surface area (Å²) < 4.78 is 0. The third kappa shape index (κ3) is 1.22. The minimum Gasteiger partial charge on any atom is -0.493 e. The van der Waals surface area contributed by atoms with E-state index < -0.39 is 0 Å². The summed E-state index contributed by atoms with van der Waals surface area (Å²) in [6.45, 7) is 0. The predicted molar refractivity (Wildman–Crippen MR) is 49.4 cm³/mol. The van der Waals surface area contributed by atoms with Gasteiger partial charge in [-0.3, -0.25) is 4.79 Å². The molecular weight excluding hydrogens is 168 g/mol. The van der Waals surface area contributed by atoms with Crippen molar-refractivity contribution in [2.75, 3.05) is 10.6 Å². The van der Waals surface area contributed by atoms with Crippen LogP contribution >= 0.6 is 0 Å². The number of aliphatic hydroxyl groups is 1. The van der Waals surface area contributed by atoms with Crippen molar-refractivity contribution in [3.05, 3.63) is 35.8 Å². The molecule has 1 aliphatic heterocycles. The molecule has 0 saturated heterocycles. The lowest BCUT2D eigenvalue weighted by Gasteiger charge is -2.19. The first-order chi connectivity index (χ1) is 6.31. The molecule has 0 atom stereocenters. The first kappa shape index (κ1) is 7.67. The Kier molecular flexibility index (Phi) is 1.66. The summed E-state index contributed by atoms with van der Waals surface area (Å²) in [5.41, 5.74) is 1.69. The first-order valence-corrected chi connectivity index (χ1v) is 3.83. The predicted octanol–water partition coefficient (Wildman–Crippen LogP) is 1.45. The van der Waals surface area contributed by atoms with E-state index in [2.05, 4.69) is 10.6 Å². The van der Waals surface area contributed by atoms with Crippen LogP contribution in [0.4, 0.5) is 11.4 Å². The number of allylic oxidation sites excluding steroid dienone is 1. The highest BCUT2D eigenvalue weighted by atomic mass is 16.3. The first-order valence-electron chi connectivity index (χ1n) is 3.83. The van der Waals surface area contributed by atoms with Gasteiger partial charge < -0.3 is 15.7 Å². The van der Waals surface area contributed by atoms with Crippen molar-refractivity contribution in [2.24, 2.45) is 0 Å². The maximum Gasteiger partial charge on any atom is 0.216 e. The van der Waals surface area contributed by atoms with Crippen LogP contribution in [0.25, 0.3) is 0 Å². The van der Waals surface area contributed by atoms with Crippen LogP contribution in [0, 0.1) is 0 Å². The number of nitrogens with one attached hydrogen (secondary N) is 2. The van der Waals surface area contributed by atoms with Gasteiger partial charge in [-0.1, -0.05) is 12.1 Å². The fourth-order valence-electron chi connectivity index (χ4n) is 1.19. The zero-order valence-corrected chi connectivity index (χ0v) is 6.74. The highest BCUT2D eigenvalue weighted by molar-refractivity contribution is 5.87. The molecule has 1 aromatic carbocycles. The average molecular weight is 176 g/mol. The maximum atomic E-state index is 10.5. The molecule has 0 spiro atoms. The SMILES string of the molecule is O=CC1=C(O)Nc2ccccc2N1. The normalized spacial score (nSPS) is 14.2. The largest absolute Gasteiger partial charge is 0.493 e. The number of para-hydroxylation sites is 2. The van der Waals surface area contributed by atoms with E-state index in [1.165, 1.54) is 0 Å². The third-order valence-corrected chi connectivity index (χ3v) is 1.82. The van der Waals surface area contributed by atoms with E-state index in [-0.39, 0.29) is 11.6 Å². The molecule has 0 fully saturated rings.